The fraction of sp³-hybridized carbons (Fsp3) is 1.00. The molecule has 2 aliphatic carbocycles. The summed E-state index contributed by atoms with van der Waals surface area (Å²) in [5.74, 6) is 0.784. The highest BCUT2D eigenvalue weighted by Gasteiger charge is 2.34. The van der Waals surface area contributed by atoms with Crippen LogP contribution in [0.25, 0.3) is 0 Å². The second-order valence-electron chi connectivity index (χ2n) is 6.25. The predicted octanol–water partition coefficient (Wildman–Crippen LogP) is 0.600. The molecule has 0 aromatic rings. The molecular formula is C14H26N2O2. The summed E-state index contributed by atoms with van der Waals surface area (Å²) < 4.78 is 5.50. The van der Waals surface area contributed by atoms with Crippen LogP contribution in [-0.2, 0) is 4.74 Å². The Kier molecular flexibility index (Phi) is 4.19. The van der Waals surface area contributed by atoms with Crippen LogP contribution in [0, 0.1) is 5.92 Å². The molecule has 3 rings (SSSR count). The largest absolute Gasteiger partial charge is 0.389 e. The van der Waals surface area contributed by atoms with Gasteiger partial charge in [-0.1, -0.05) is 0 Å². The van der Waals surface area contributed by atoms with E-state index in [-0.39, 0.29) is 6.10 Å². The molecule has 0 radical (unpaired) electrons. The molecular weight excluding hydrogens is 228 g/mol. The van der Waals surface area contributed by atoms with Crippen molar-refractivity contribution in [2.75, 3.05) is 32.8 Å². The maximum Gasteiger partial charge on any atom is 0.0897 e. The minimum Gasteiger partial charge on any atom is -0.389 e. The number of rotatable bonds is 8. The van der Waals surface area contributed by atoms with Crippen LogP contribution in [0.5, 0.6) is 0 Å². The molecule has 2 N–H and O–H groups in total. The molecule has 2 saturated carbocycles. The van der Waals surface area contributed by atoms with E-state index in [2.05, 4.69) is 10.2 Å². The summed E-state index contributed by atoms with van der Waals surface area (Å²) in [6, 6.07) is 1.45. The highest BCUT2D eigenvalue weighted by molar-refractivity contribution is 4.91. The molecule has 0 amide bonds. The minimum atomic E-state index is -0.348. The molecule has 3 aliphatic rings. The average molecular weight is 254 g/mol. The van der Waals surface area contributed by atoms with Gasteiger partial charge < -0.3 is 15.2 Å². The lowest BCUT2D eigenvalue weighted by atomic mass is 10.2. The quantitative estimate of drug-likeness (QED) is 0.666. The van der Waals surface area contributed by atoms with Crippen LogP contribution in [0.4, 0.5) is 0 Å². The number of hydrogen-bond acceptors (Lipinski definition) is 4. The van der Waals surface area contributed by atoms with Crippen molar-refractivity contribution in [3.8, 4) is 0 Å². The first-order valence-corrected chi connectivity index (χ1v) is 7.54. The van der Waals surface area contributed by atoms with Crippen molar-refractivity contribution in [3.05, 3.63) is 0 Å². The molecule has 1 aliphatic heterocycles. The summed E-state index contributed by atoms with van der Waals surface area (Å²) in [4.78, 5) is 2.59. The molecule has 1 saturated heterocycles. The normalized spacial score (nSPS) is 30.8. The lowest BCUT2D eigenvalue weighted by Crippen LogP contribution is -2.39. The average Bonchev–Trinajstić information content (AvgIpc) is 3.28. The molecule has 3 fully saturated rings. The fourth-order valence-electron chi connectivity index (χ4n) is 2.74. The number of nitrogens with one attached hydrogen (secondary N) is 1. The summed E-state index contributed by atoms with van der Waals surface area (Å²) in [6.45, 7) is 4.41. The van der Waals surface area contributed by atoms with Crippen LogP contribution in [0.3, 0.4) is 0 Å². The van der Waals surface area contributed by atoms with Gasteiger partial charge in [-0.05, 0) is 38.0 Å². The van der Waals surface area contributed by atoms with Crippen LogP contribution in [0.1, 0.15) is 32.1 Å². The Bertz CT molecular complexity index is 267. The number of ether oxygens (including phenoxy) is 1. The van der Waals surface area contributed by atoms with E-state index >= 15 is 0 Å². The molecule has 0 aromatic heterocycles. The smallest absolute Gasteiger partial charge is 0.0897 e. The molecule has 4 nitrogen and oxygen atoms in total. The van der Waals surface area contributed by atoms with Gasteiger partial charge in [-0.25, -0.2) is 0 Å². The molecule has 2 unspecified atom stereocenters. The number of aliphatic hydroxyl groups excluding tert-OH is 1. The van der Waals surface area contributed by atoms with Crippen LogP contribution in [-0.4, -0.2) is 61.0 Å². The Hall–Kier alpha value is -0.160. The van der Waals surface area contributed by atoms with Gasteiger partial charge >= 0.3 is 0 Å². The zero-order chi connectivity index (χ0) is 12.4. The van der Waals surface area contributed by atoms with E-state index in [1.165, 1.54) is 45.2 Å². The number of nitrogens with zero attached hydrogens (tertiary/aromatic N) is 1. The van der Waals surface area contributed by atoms with E-state index in [0.29, 0.717) is 19.2 Å². The highest BCUT2D eigenvalue weighted by atomic mass is 16.5. The first-order valence-electron chi connectivity index (χ1n) is 7.54. The standard InChI is InChI=1S/C14H26N2O2/c17-14(10-18-9-11-1-2-11)7-15-12-5-6-16(8-12)13-3-4-13/h11-15,17H,1-10H2. The Labute approximate surface area is 110 Å². The van der Waals surface area contributed by atoms with Gasteiger partial charge in [0.25, 0.3) is 0 Å². The van der Waals surface area contributed by atoms with Crippen molar-refractivity contribution in [1.29, 1.82) is 0 Å². The maximum atomic E-state index is 9.83. The van der Waals surface area contributed by atoms with Crippen molar-refractivity contribution in [1.82, 2.24) is 10.2 Å². The Morgan fingerprint density at radius 2 is 2.06 bits per heavy atom. The summed E-state index contributed by atoms with van der Waals surface area (Å²) in [6.07, 6.45) is 6.29. The van der Waals surface area contributed by atoms with Crippen LogP contribution < -0.4 is 5.32 Å². The van der Waals surface area contributed by atoms with E-state index in [9.17, 15) is 5.11 Å². The Balaban J connectivity index is 1.24. The highest BCUT2D eigenvalue weighted by Crippen LogP contribution is 2.30. The van der Waals surface area contributed by atoms with Gasteiger partial charge in [0.2, 0.25) is 0 Å². The SMILES string of the molecule is OC(CNC1CCN(C2CC2)C1)COCC1CC1. The van der Waals surface area contributed by atoms with E-state index in [1.54, 1.807) is 0 Å². The number of likely N-dealkylation sites (tertiary alicyclic amines) is 1. The molecule has 0 aromatic carbocycles. The topological polar surface area (TPSA) is 44.7 Å². The molecule has 0 spiro atoms. The molecule has 0 bridgehead atoms. The van der Waals surface area contributed by atoms with Gasteiger partial charge in [0.1, 0.15) is 0 Å². The number of aliphatic hydroxyl groups is 1. The zero-order valence-corrected chi connectivity index (χ0v) is 11.2. The van der Waals surface area contributed by atoms with E-state index < -0.39 is 0 Å². The van der Waals surface area contributed by atoms with Gasteiger partial charge in [0.15, 0.2) is 0 Å². The van der Waals surface area contributed by atoms with E-state index in [1.807, 2.05) is 0 Å². The van der Waals surface area contributed by atoms with Crippen molar-refractivity contribution < 1.29 is 9.84 Å². The first kappa shape index (κ1) is 12.9. The zero-order valence-electron chi connectivity index (χ0n) is 11.2. The lowest BCUT2D eigenvalue weighted by Gasteiger charge is -2.18. The van der Waals surface area contributed by atoms with Crippen LogP contribution in [0.15, 0.2) is 0 Å². The summed E-state index contributed by atoms with van der Waals surface area (Å²) in [5, 5.41) is 13.3. The van der Waals surface area contributed by atoms with Gasteiger partial charge in [0.05, 0.1) is 12.7 Å². The van der Waals surface area contributed by atoms with E-state index in [0.717, 1.165) is 18.6 Å². The molecule has 2 atom stereocenters. The minimum absolute atomic E-state index is 0.348. The Morgan fingerprint density at radius 1 is 1.22 bits per heavy atom. The van der Waals surface area contributed by atoms with Crippen molar-refractivity contribution >= 4 is 0 Å². The Morgan fingerprint density at radius 3 is 2.78 bits per heavy atom. The molecule has 104 valence electrons. The van der Waals surface area contributed by atoms with Crippen LogP contribution in [0.2, 0.25) is 0 Å². The summed E-state index contributed by atoms with van der Waals surface area (Å²) >= 11 is 0. The molecule has 1 heterocycles. The number of hydrogen-bond donors (Lipinski definition) is 2. The molecule has 18 heavy (non-hydrogen) atoms. The second-order valence-corrected chi connectivity index (χ2v) is 6.25. The van der Waals surface area contributed by atoms with Gasteiger partial charge in [-0.15, -0.1) is 0 Å². The fourth-order valence-corrected chi connectivity index (χ4v) is 2.74. The van der Waals surface area contributed by atoms with E-state index in [4.69, 9.17) is 4.74 Å². The van der Waals surface area contributed by atoms with Crippen LogP contribution >= 0.6 is 0 Å². The van der Waals surface area contributed by atoms with Crippen molar-refractivity contribution in [3.63, 3.8) is 0 Å². The third-order valence-corrected chi connectivity index (χ3v) is 4.29. The summed E-state index contributed by atoms with van der Waals surface area (Å²) in [7, 11) is 0. The van der Waals surface area contributed by atoms with Crippen molar-refractivity contribution in [2.24, 2.45) is 5.92 Å². The van der Waals surface area contributed by atoms with Gasteiger partial charge in [0, 0.05) is 38.3 Å². The van der Waals surface area contributed by atoms with Crippen molar-refractivity contribution in [2.45, 2.75) is 50.3 Å². The monoisotopic (exact) mass is 254 g/mol. The third kappa shape index (κ3) is 3.92. The summed E-state index contributed by atoms with van der Waals surface area (Å²) in [5.41, 5.74) is 0. The second kappa shape index (κ2) is 5.87. The molecule has 4 heteroatoms. The van der Waals surface area contributed by atoms with Gasteiger partial charge in [-0.2, -0.15) is 0 Å². The van der Waals surface area contributed by atoms with Gasteiger partial charge in [-0.3, -0.25) is 4.90 Å². The first-order chi connectivity index (χ1) is 8.81. The third-order valence-electron chi connectivity index (χ3n) is 4.29. The maximum absolute atomic E-state index is 9.83. The lowest BCUT2D eigenvalue weighted by molar-refractivity contribution is 0.0314. The predicted molar refractivity (Wildman–Crippen MR) is 70.6 cm³/mol.